The zero-order valence-electron chi connectivity index (χ0n) is 19.5. The zero-order chi connectivity index (χ0) is 25.5. The third-order valence-electron chi connectivity index (χ3n) is 5.20. The molecule has 11 heteroatoms. The number of hydrogen-bond acceptors (Lipinski definition) is 8. The van der Waals surface area contributed by atoms with Gasteiger partial charge >= 0.3 is 5.84 Å². The third-order valence-corrected chi connectivity index (χ3v) is 6.24. The van der Waals surface area contributed by atoms with Gasteiger partial charge in [0.1, 0.15) is 11.4 Å². The maximum absolute atomic E-state index is 12.4. The van der Waals surface area contributed by atoms with Gasteiger partial charge in [-0.2, -0.15) is 4.58 Å². The van der Waals surface area contributed by atoms with Crippen LogP contribution in [0, 0.1) is 0 Å². The van der Waals surface area contributed by atoms with Crippen LogP contribution >= 0.6 is 11.8 Å². The summed E-state index contributed by atoms with van der Waals surface area (Å²) in [6.07, 6.45) is 0. The first-order valence-corrected chi connectivity index (χ1v) is 11.9. The highest BCUT2D eigenvalue weighted by molar-refractivity contribution is 8.00. The molecule has 0 fully saturated rings. The average molecular weight is 507 g/mol. The van der Waals surface area contributed by atoms with Crippen molar-refractivity contribution in [2.45, 2.75) is 5.50 Å². The van der Waals surface area contributed by atoms with Gasteiger partial charge in [-0.25, -0.2) is 0 Å². The summed E-state index contributed by atoms with van der Waals surface area (Å²) in [5.41, 5.74) is 5.81. The van der Waals surface area contributed by atoms with E-state index in [0.29, 0.717) is 17.3 Å². The van der Waals surface area contributed by atoms with Gasteiger partial charge in [-0.3, -0.25) is 20.4 Å². The predicted molar refractivity (Wildman–Crippen MR) is 135 cm³/mol. The molecule has 0 aliphatic carbocycles. The maximum atomic E-state index is 12.4. The highest BCUT2D eigenvalue weighted by Crippen LogP contribution is 2.32. The first-order chi connectivity index (χ1) is 17.5. The second kappa shape index (κ2) is 11.4. The fourth-order valence-electron chi connectivity index (χ4n) is 3.47. The van der Waals surface area contributed by atoms with Gasteiger partial charge < -0.3 is 14.6 Å². The Morgan fingerprint density at radius 3 is 2.42 bits per heavy atom. The van der Waals surface area contributed by atoms with Gasteiger partial charge in [0.15, 0.2) is 11.5 Å². The summed E-state index contributed by atoms with van der Waals surface area (Å²) >= 11 is 1.24. The van der Waals surface area contributed by atoms with Crippen molar-refractivity contribution < 1.29 is 28.7 Å². The Hall–Kier alpha value is -4.38. The third kappa shape index (κ3) is 5.47. The molecule has 4 rings (SSSR count). The van der Waals surface area contributed by atoms with E-state index in [0.717, 1.165) is 11.3 Å². The monoisotopic (exact) mass is 506 g/mol. The van der Waals surface area contributed by atoms with Crippen molar-refractivity contribution in [3.05, 3.63) is 83.9 Å². The molecule has 1 aliphatic heterocycles. The van der Waals surface area contributed by atoms with E-state index in [2.05, 4.69) is 21.1 Å². The van der Waals surface area contributed by atoms with Crippen molar-refractivity contribution in [3.63, 3.8) is 0 Å². The number of amides is 2. The van der Waals surface area contributed by atoms with Crippen molar-refractivity contribution in [2.24, 2.45) is 10.2 Å². The Balaban J connectivity index is 1.49. The topological polar surface area (TPSA) is 125 Å². The molecule has 0 aromatic heterocycles. The van der Waals surface area contributed by atoms with Crippen molar-refractivity contribution in [1.82, 2.24) is 10.9 Å². The van der Waals surface area contributed by atoms with Crippen LogP contribution in [0.2, 0.25) is 0 Å². The van der Waals surface area contributed by atoms with E-state index in [1.807, 2.05) is 47.0 Å². The fraction of sp³-hybridized carbons (Fsp3) is 0.160. The van der Waals surface area contributed by atoms with E-state index in [-0.39, 0.29) is 17.1 Å². The molecule has 1 heterocycles. The number of nitrogens with zero attached hydrogens (tertiary/aromatic N) is 3. The predicted octanol–water partition coefficient (Wildman–Crippen LogP) is 3.44. The molecule has 36 heavy (non-hydrogen) atoms. The van der Waals surface area contributed by atoms with Crippen LogP contribution < -0.4 is 20.3 Å². The number of carbonyl (C=O) groups is 2. The number of rotatable bonds is 8. The number of methoxy groups -OCH3 is 2. The Morgan fingerprint density at radius 2 is 1.69 bits per heavy atom. The van der Waals surface area contributed by atoms with Gasteiger partial charge in [-0.1, -0.05) is 42.1 Å². The van der Waals surface area contributed by atoms with Gasteiger partial charge in [0.25, 0.3) is 11.4 Å². The second-order valence-electron chi connectivity index (χ2n) is 7.47. The molecule has 0 spiro atoms. The Morgan fingerprint density at radius 1 is 0.972 bits per heavy atom. The number of benzene rings is 3. The number of hydrogen-bond donors (Lipinski definition) is 3. The molecule has 1 atom stereocenters. The Labute approximate surface area is 211 Å². The van der Waals surface area contributed by atoms with E-state index in [9.17, 15) is 14.7 Å². The van der Waals surface area contributed by atoms with Crippen LogP contribution in [0.1, 0.15) is 15.9 Å². The van der Waals surface area contributed by atoms with Crippen LogP contribution in [0.25, 0.3) is 0 Å². The molecule has 1 aliphatic rings. The largest absolute Gasteiger partial charge is 0.507 e. The lowest BCUT2D eigenvalue weighted by Gasteiger charge is -2.12. The average Bonchev–Trinajstić information content (AvgIpc) is 3.34. The second-order valence-corrected chi connectivity index (χ2v) is 8.51. The first-order valence-electron chi connectivity index (χ1n) is 10.8. The lowest BCUT2D eigenvalue weighted by molar-refractivity contribution is -0.448. The molecule has 0 saturated heterocycles. The summed E-state index contributed by atoms with van der Waals surface area (Å²) in [6.45, 7) is 0. The summed E-state index contributed by atoms with van der Waals surface area (Å²) in [7, 11) is 3.13. The zero-order valence-corrected chi connectivity index (χ0v) is 20.4. The van der Waals surface area contributed by atoms with Crippen molar-refractivity contribution >= 4 is 35.1 Å². The Bertz CT molecular complexity index is 1330. The number of amidine groups is 1. The number of aromatic hydroxyl groups is 1. The molecule has 0 bridgehead atoms. The first kappa shape index (κ1) is 24.7. The summed E-state index contributed by atoms with van der Waals surface area (Å²) in [5, 5.41) is 18.6. The summed E-state index contributed by atoms with van der Waals surface area (Å²) < 4.78 is 12.7. The molecule has 3 aromatic rings. The number of ether oxygens (including phenoxy) is 2. The molecule has 0 saturated carbocycles. The lowest BCUT2D eigenvalue weighted by Crippen LogP contribution is -2.42. The van der Waals surface area contributed by atoms with Gasteiger partial charge in [0.2, 0.25) is 5.91 Å². The van der Waals surface area contributed by atoms with Gasteiger partial charge in [0.05, 0.1) is 36.2 Å². The van der Waals surface area contributed by atoms with Crippen LogP contribution in [-0.2, 0) is 4.79 Å². The molecule has 184 valence electrons. The fourth-order valence-corrected chi connectivity index (χ4v) is 4.33. The molecule has 0 radical (unpaired) electrons. The van der Waals surface area contributed by atoms with Crippen LogP contribution in [0.3, 0.4) is 0 Å². The van der Waals surface area contributed by atoms with E-state index in [1.165, 1.54) is 23.9 Å². The van der Waals surface area contributed by atoms with E-state index in [1.54, 1.807) is 32.4 Å². The van der Waals surface area contributed by atoms with Crippen molar-refractivity contribution in [1.29, 1.82) is 0 Å². The molecule has 2 amide bonds. The van der Waals surface area contributed by atoms with Crippen molar-refractivity contribution in [2.75, 3.05) is 20.0 Å². The normalized spacial score (nSPS) is 14.4. The standard InChI is InChI=1S/C25H23N5O5S/c1-34-20-13-12-16(14-21(20)35-2)23-27-29-25(30(23)17-8-4-3-5-9-17)36-15-22(32)26-28-24(33)18-10-6-7-11-19(18)31/h3-14,25,29H,15H2,1-2H3,(H,31,33)/p+1. The number of phenols is 1. The molecule has 10 nitrogen and oxygen atoms in total. The summed E-state index contributed by atoms with van der Waals surface area (Å²) in [6, 6.07) is 21.1. The SMILES string of the molecule is COc1ccc(C2=[N+](c3ccccc3)C(SCC(=O)NNC(=O)c3ccccc3O)N=N2)cc1OC. The van der Waals surface area contributed by atoms with Gasteiger partial charge in [-0.05, 0) is 47.6 Å². The van der Waals surface area contributed by atoms with Gasteiger partial charge in [-0.15, -0.1) is 0 Å². The van der Waals surface area contributed by atoms with Gasteiger partial charge in [0, 0.05) is 0 Å². The molecule has 3 aromatic carbocycles. The number of para-hydroxylation sites is 2. The van der Waals surface area contributed by atoms with Crippen LogP contribution in [0.5, 0.6) is 17.2 Å². The number of carbonyl (C=O) groups excluding carboxylic acids is 2. The minimum Gasteiger partial charge on any atom is -0.507 e. The van der Waals surface area contributed by atoms with Crippen LogP contribution in [-0.4, -0.2) is 52.8 Å². The summed E-state index contributed by atoms with van der Waals surface area (Å²) in [4.78, 5) is 24.6. The molecular formula is C25H24N5O5S+. The summed E-state index contributed by atoms with van der Waals surface area (Å²) in [5.74, 6) is 0.494. The quantitative estimate of drug-likeness (QED) is 0.318. The minimum atomic E-state index is -0.623. The van der Waals surface area contributed by atoms with E-state index < -0.39 is 17.3 Å². The number of azo groups is 1. The molecule has 3 N–H and O–H groups in total. The number of thioether (sulfide) groups is 1. The maximum Gasteiger partial charge on any atom is 0.360 e. The number of phenolic OH excluding ortho intramolecular Hbond substituents is 1. The minimum absolute atomic E-state index is 0.00666. The Kier molecular flexibility index (Phi) is 7.81. The smallest absolute Gasteiger partial charge is 0.360 e. The van der Waals surface area contributed by atoms with Crippen LogP contribution in [0.4, 0.5) is 5.69 Å². The highest BCUT2D eigenvalue weighted by Gasteiger charge is 2.35. The highest BCUT2D eigenvalue weighted by atomic mass is 32.2. The van der Waals surface area contributed by atoms with Crippen molar-refractivity contribution in [3.8, 4) is 17.2 Å². The number of nitrogens with one attached hydrogen (secondary N) is 2. The van der Waals surface area contributed by atoms with Crippen LogP contribution in [0.15, 0.2) is 83.0 Å². The van der Waals surface area contributed by atoms with E-state index in [4.69, 9.17) is 9.47 Å². The van der Waals surface area contributed by atoms with E-state index >= 15 is 0 Å². The lowest BCUT2D eigenvalue weighted by atomic mass is 10.1. The number of hydrazine groups is 1. The molecular weight excluding hydrogens is 482 g/mol. The molecule has 1 unspecified atom stereocenters.